The van der Waals surface area contributed by atoms with Gasteiger partial charge in [0, 0.05) is 11.6 Å². The van der Waals surface area contributed by atoms with Crippen LogP contribution < -0.4 is 10.1 Å². The molecule has 0 bridgehead atoms. The van der Waals surface area contributed by atoms with Crippen molar-refractivity contribution in [3.05, 3.63) is 22.2 Å². The minimum absolute atomic E-state index is 0.777. The largest absolute Gasteiger partial charge is 0.494 e. The molecule has 0 amide bonds. The number of methoxy groups -OCH3 is 1. The smallest absolute Gasteiger partial charge is 0.145 e. The topological polar surface area (TPSA) is 21.3 Å². The highest BCUT2D eigenvalue weighted by Crippen LogP contribution is 2.36. The lowest BCUT2D eigenvalue weighted by molar-refractivity contribution is 0.413. The third kappa shape index (κ3) is 1.95. The number of aryl methyl sites for hydroxylation is 1. The number of anilines is 1. The first-order valence-corrected chi connectivity index (χ1v) is 5.07. The summed E-state index contributed by atoms with van der Waals surface area (Å²) in [4.78, 5) is 0. The zero-order valence-corrected chi connectivity index (χ0v) is 9.83. The molecule has 1 aromatic rings. The highest BCUT2D eigenvalue weighted by Gasteiger charge is 2.11. The zero-order chi connectivity index (χ0) is 10.7. The molecule has 1 aromatic carbocycles. The molecule has 0 atom stereocenters. The Morgan fingerprint density at radius 2 is 2.07 bits per heavy atom. The van der Waals surface area contributed by atoms with Crippen LogP contribution >= 0.6 is 11.6 Å². The van der Waals surface area contributed by atoms with Crippen LogP contribution in [0.25, 0.3) is 0 Å². The van der Waals surface area contributed by atoms with E-state index in [-0.39, 0.29) is 0 Å². The van der Waals surface area contributed by atoms with Crippen molar-refractivity contribution < 1.29 is 4.74 Å². The molecule has 0 aliphatic carbocycles. The normalized spacial score (nSPS) is 10.1. The summed E-state index contributed by atoms with van der Waals surface area (Å²) in [6.07, 6.45) is 0. The Bertz CT molecular complexity index is 337. The highest BCUT2D eigenvalue weighted by molar-refractivity contribution is 6.32. The van der Waals surface area contributed by atoms with E-state index < -0.39 is 0 Å². The van der Waals surface area contributed by atoms with Crippen LogP contribution in [0.2, 0.25) is 5.02 Å². The van der Waals surface area contributed by atoms with E-state index in [0.717, 1.165) is 34.1 Å². The molecule has 78 valence electrons. The predicted molar refractivity (Wildman–Crippen MR) is 61.6 cm³/mol. The third-order valence-corrected chi connectivity index (χ3v) is 2.61. The van der Waals surface area contributed by atoms with Crippen molar-refractivity contribution in [2.45, 2.75) is 20.8 Å². The van der Waals surface area contributed by atoms with Gasteiger partial charge in [0.05, 0.1) is 12.8 Å². The van der Waals surface area contributed by atoms with E-state index in [1.165, 1.54) is 0 Å². The van der Waals surface area contributed by atoms with Gasteiger partial charge < -0.3 is 10.1 Å². The molecule has 0 aliphatic heterocycles. The summed E-state index contributed by atoms with van der Waals surface area (Å²) >= 11 is 6.09. The fourth-order valence-electron chi connectivity index (χ4n) is 1.50. The Morgan fingerprint density at radius 3 is 2.57 bits per heavy atom. The maximum absolute atomic E-state index is 6.09. The van der Waals surface area contributed by atoms with Gasteiger partial charge in [-0.3, -0.25) is 0 Å². The molecule has 1 N–H and O–H groups in total. The fourth-order valence-corrected chi connectivity index (χ4v) is 1.76. The van der Waals surface area contributed by atoms with Gasteiger partial charge in [-0.25, -0.2) is 0 Å². The monoisotopic (exact) mass is 213 g/mol. The number of benzene rings is 1. The summed E-state index contributed by atoms with van der Waals surface area (Å²) < 4.78 is 5.34. The number of halogens is 1. The third-order valence-electron chi connectivity index (χ3n) is 2.22. The number of hydrogen-bond donors (Lipinski definition) is 1. The van der Waals surface area contributed by atoms with Crippen molar-refractivity contribution >= 4 is 17.3 Å². The Labute approximate surface area is 90.2 Å². The summed E-state index contributed by atoms with van der Waals surface area (Å²) in [6.45, 7) is 6.89. The van der Waals surface area contributed by atoms with Gasteiger partial charge in [-0.15, -0.1) is 0 Å². The van der Waals surface area contributed by atoms with Gasteiger partial charge in [0.1, 0.15) is 5.75 Å². The van der Waals surface area contributed by atoms with E-state index >= 15 is 0 Å². The highest BCUT2D eigenvalue weighted by atomic mass is 35.5. The molecule has 0 aromatic heterocycles. The van der Waals surface area contributed by atoms with Crippen LogP contribution in [-0.2, 0) is 0 Å². The second-order valence-electron chi connectivity index (χ2n) is 3.24. The first-order chi connectivity index (χ1) is 6.61. The lowest BCUT2D eigenvalue weighted by atomic mass is 10.1. The molecule has 0 heterocycles. The van der Waals surface area contributed by atoms with Crippen molar-refractivity contribution in [1.82, 2.24) is 0 Å². The average Bonchev–Trinajstić information content (AvgIpc) is 2.14. The van der Waals surface area contributed by atoms with Crippen LogP contribution in [0.1, 0.15) is 18.1 Å². The van der Waals surface area contributed by atoms with Crippen molar-refractivity contribution in [2.24, 2.45) is 0 Å². The van der Waals surface area contributed by atoms with Gasteiger partial charge in [0.2, 0.25) is 0 Å². The van der Waals surface area contributed by atoms with E-state index in [2.05, 4.69) is 12.2 Å². The van der Waals surface area contributed by atoms with Crippen LogP contribution in [-0.4, -0.2) is 13.7 Å². The van der Waals surface area contributed by atoms with Crippen molar-refractivity contribution in [3.63, 3.8) is 0 Å². The predicted octanol–water partition coefficient (Wildman–Crippen LogP) is 3.40. The van der Waals surface area contributed by atoms with Crippen molar-refractivity contribution in [3.8, 4) is 5.75 Å². The van der Waals surface area contributed by atoms with Crippen LogP contribution in [0, 0.1) is 13.8 Å². The second-order valence-corrected chi connectivity index (χ2v) is 3.65. The standard InChI is InChI=1S/C11H16ClNO/c1-5-13-10-8(3)9(12)6-7(2)11(10)14-4/h6,13H,5H2,1-4H3. The molecule has 0 fully saturated rings. The molecule has 3 heteroatoms. The number of hydrogen-bond acceptors (Lipinski definition) is 2. The van der Waals surface area contributed by atoms with E-state index in [0.29, 0.717) is 0 Å². The molecule has 1 rings (SSSR count). The Hall–Kier alpha value is -0.890. The molecule has 0 spiro atoms. The Kier molecular flexibility index (Phi) is 3.64. The van der Waals surface area contributed by atoms with Crippen LogP contribution in [0.3, 0.4) is 0 Å². The van der Waals surface area contributed by atoms with Gasteiger partial charge in [-0.05, 0) is 38.0 Å². The zero-order valence-electron chi connectivity index (χ0n) is 9.07. The number of rotatable bonds is 3. The van der Waals surface area contributed by atoms with E-state index in [4.69, 9.17) is 16.3 Å². The minimum atomic E-state index is 0.777. The number of ether oxygens (including phenoxy) is 1. The maximum Gasteiger partial charge on any atom is 0.145 e. The summed E-state index contributed by atoms with van der Waals surface area (Å²) in [5.41, 5.74) is 3.09. The molecule has 0 saturated carbocycles. The molecule has 0 radical (unpaired) electrons. The molecular formula is C11H16ClNO. The van der Waals surface area contributed by atoms with Crippen molar-refractivity contribution in [2.75, 3.05) is 19.0 Å². The maximum atomic E-state index is 6.09. The second kappa shape index (κ2) is 4.56. The van der Waals surface area contributed by atoms with E-state index in [1.54, 1.807) is 7.11 Å². The number of nitrogens with one attached hydrogen (secondary N) is 1. The first-order valence-electron chi connectivity index (χ1n) is 4.69. The van der Waals surface area contributed by atoms with Crippen LogP contribution in [0.5, 0.6) is 5.75 Å². The molecular weight excluding hydrogens is 198 g/mol. The first kappa shape index (κ1) is 11.2. The minimum Gasteiger partial charge on any atom is -0.494 e. The summed E-state index contributed by atoms with van der Waals surface area (Å²) in [7, 11) is 1.68. The van der Waals surface area contributed by atoms with Gasteiger partial charge in [0.25, 0.3) is 0 Å². The SMILES string of the molecule is CCNc1c(C)c(Cl)cc(C)c1OC. The molecule has 0 aliphatic rings. The fraction of sp³-hybridized carbons (Fsp3) is 0.455. The van der Waals surface area contributed by atoms with Crippen LogP contribution in [0.15, 0.2) is 6.07 Å². The van der Waals surface area contributed by atoms with Gasteiger partial charge in [-0.2, -0.15) is 0 Å². The Morgan fingerprint density at radius 1 is 1.43 bits per heavy atom. The quantitative estimate of drug-likeness (QED) is 0.831. The van der Waals surface area contributed by atoms with E-state index in [1.807, 2.05) is 19.9 Å². The summed E-state index contributed by atoms with van der Waals surface area (Å²) in [6, 6.07) is 1.93. The van der Waals surface area contributed by atoms with Crippen LogP contribution in [0.4, 0.5) is 5.69 Å². The van der Waals surface area contributed by atoms with Gasteiger partial charge in [0.15, 0.2) is 0 Å². The molecule has 0 saturated heterocycles. The summed E-state index contributed by atoms with van der Waals surface area (Å²) in [5.74, 6) is 0.883. The van der Waals surface area contributed by atoms with Gasteiger partial charge >= 0.3 is 0 Å². The summed E-state index contributed by atoms with van der Waals surface area (Å²) in [5, 5.41) is 4.04. The molecule has 0 unspecified atom stereocenters. The lowest BCUT2D eigenvalue weighted by Crippen LogP contribution is -2.03. The molecule has 14 heavy (non-hydrogen) atoms. The lowest BCUT2D eigenvalue weighted by Gasteiger charge is -2.16. The van der Waals surface area contributed by atoms with Gasteiger partial charge in [-0.1, -0.05) is 11.6 Å². The van der Waals surface area contributed by atoms with Crippen molar-refractivity contribution in [1.29, 1.82) is 0 Å². The molecule has 2 nitrogen and oxygen atoms in total. The van der Waals surface area contributed by atoms with E-state index in [9.17, 15) is 0 Å². The Balaban J connectivity index is 3.32. The average molecular weight is 214 g/mol.